The average molecular weight is 1170 g/mol. The first-order chi connectivity index (χ1) is 41.2. The van der Waals surface area contributed by atoms with Crippen molar-refractivity contribution >= 4 is 5.91 Å². The van der Waals surface area contributed by atoms with E-state index >= 15 is 0 Å². The summed E-state index contributed by atoms with van der Waals surface area (Å²) < 4.78 is 0. The molecule has 0 saturated carbocycles. The number of unbranched alkanes of at least 4 members (excludes halogenated alkanes) is 68. The molecule has 0 spiro atoms. The molecule has 496 valence electrons. The van der Waals surface area contributed by atoms with E-state index in [-0.39, 0.29) is 12.5 Å². The molecule has 83 heavy (non-hydrogen) atoms. The quantitative estimate of drug-likeness (QED) is 0.0420. The molecule has 0 aliphatic heterocycles. The number of hydrogen-bond donors (Lipinski definition) is 3. The second-order valence-electron chi connectivity index (χ2n) is 27.5. The summed E-state index contributed by atoms with van der Waals surface area (Å²) in [4.78, 5) is 12.6. The van der Waals surface area contributed by atoms with Gasteiger partial charge in [0, 0.05) is 6.42 Å². The van der Waals surface area contributed by atoms with Crippen molar-refractivity contribution in [1.82, 2.24) is 5.32 Å². The lowest BCUT2D eigenvalue weighted by Crippen LogP contribution is -2.45. The molecule has 0 aromatic rings. The van der Waals surface area contributed by atoms with E-state index in [0.29, 0.717) is 6.42 Å². The normalized spacial score (nSPS) is 12.6. The van der Waals surface area contributed by atoms with Crippen LogP contribution in [0.5, 0.6) is 0 Å². The van der Waals surface area contributed by atoms with Crippen LogP contribution < -0.4 is 5.32 Å². The van der Waals surface area contributed by atoms with Gasteiger partial charge >= 0.3 is 0 Å². The summed E-state index contributed by atoms with van der Waals surface area (Å²) >= 11 is 0. The number of allylic oxidation sites excluding steroid dienone is 1. The molecule has 4 nitrogen and oxygen atoms in total. The van der Waals surface area contributed by atoms with Gasteiger partial charge in [-0.2, -0.15) is 0 Å². The lowest BCUT2D eigenvalue weighted by molar-refractivity contribution is -0.123. The van der Waals surface area contributed by atoms with Crippen LogP contribution >= 0.6 is 0 Å². The van der Waals surface area contributed by atoms with Crippen LogP contribution in [0, 0.1) is 0 Å². The minimum atomic E-state index is -0.838. The standard InChI is InChI=1S/C79H157NO3/c1-3-5-7-9-11-13-15-17-19-21-23-25-27-29-31-33-35-36-37-38-39-40-41-42-43-45-47-49-51-53-55-57-59-61-63-65-67-69-71-73-75-79(83)80-77(76-81)78(82)74-72-70-68-66-64-62-60-58-56-54-52-50-48-46-44-34-32-30-28-26-24-22-20-18-16-14-12-10-8-6-4-2/h72,74,77-78,81-82H,3-71,73,75-76H2,1-2H3,(H,80,83)/b74-72+. The Labute approximate surface area is 524 Å². The predicted octanol–water partition coefficient (Wildman–Crippen LogP) is 27.1. The highest BCUT2D eigenvalue weighted by atomic mass is 16.3. The summed E-state index contributed by atoms with van der Waals surface area (Å²) in [6.07, 6.45) is 102. The zero-order valence-corrected chi connectivity index (χ0v) is 57.5. The molecule has 3 N–H and O–H groups in total. The van der Waals surface area contributed by atoms with E-state index in [0.717, 1.165) is 25.7 Å². The van der Waals surface area contributed by atoms with Crippen LogP contribution in [-0.2, 0) is 4.79 Å². The fourth-order valence-electron chi connectivity index (χ4n) is 13.1. The number of carbonyl (C=O) groups excluding carboxylic acids is 1. The molecule has 0 aromatic carbocycles. The van der Waals surface area contributed by atoms with Crippen molar-refractivity contribution in [2.24, 2.45) is 0 Å². The molecule has 0 radical (unpaired) electrons. The van der Waals surface area contributed by atoms with E-state index in [4.69, 9.17) is 0 Å². The van der Waals surface area contributed by atoms with Gasteiger partial charge in [-0.25, -0.2) is 0 Å². The van der Waals surface area contributed by atoms with Crippen molar-refractivity contribution < 1.29 is 15.0 Å². The Morgan fingerprint density at radius 2 is 0.446 bits per heavy atom. The summed E-state index contributed by atoms with van der Waals surface area (Å²) in [6.45, 7) is 4.38. The maximum absolute atomic E-state index is 12.6. The molecule has 0 aromatic heterocycles. The lowest BCUT2D eigenvalue weighted by Gasteiger charge is -2.20. The van der Waals surface area contributed by atoms with E-state index in [1.807, 2.05) is 6.08 Å². The number of aliphatic hydroxyl groups is 2. The van der Waals surface area contributed by atoms with E-state index < -0.39 is 12.1 Å². The van der Waals surface area contributed by atoms with Gasteiger partial charge in [-0.1, -0.05) is 456 Å². The summed E-state index contributed by atoms with van der Waals surface area (Å²) in [5.74, 6) is -0.0518. The third-order valence-electron chi connectivity index (χ3n) is 19.0. The zero-order valence-electron chi connectivity index (χ0n) is 57.5. The summed E-state index contributed by atoms with van der Waals surface area (Å²) in [7, 11) is 0. The van der Waals surface area contributed by atoms with Crippen LogP contribution in [0.4, 0.5) is 0 Å². The molecule has 4 heteroatoms. The van der Waals surface area contributed by atoms with Crippen LogP contribution in [-0.4, -0.2) is 34.9 Å². The number of hydrogen-bond acceptors (Lipinski definition) is 3. The first kappa shape index (κ1) is 82.1. The predicted molar refractivity (Wildman–Crippen MR) is 373 cm³/mol. The SMILES string of the molecule is CCCCCCCCCCCCCCCCCCCCCCCCCCCCCCC/C=C/C(O)C(CO)NC(=O)CCCCCCCCCCCCCCCCCCCCCCCCCCCCCCCCCCCCCCCCCC. The van der Waals surface area contributed by atoms with E-state index in [1.165, 1.54) is 424 Å². The number of carbonyl (C=O) groups is 1. The van der Waals surface area contributed by atoms with Crippen LogP contribution in [0.1, 0.15) is 470 Å². The van der Waals surface area contributed by atoms with Crippen LogP contribution in [0.3, 0.4) is 0 Å². The Bertz CT molecular complexity index is 1190. The van der Waals surface area contributed by atoms with E-state index in [1.54, 1.807) is 6.08 Å². The number of aliphatic hydroxyl groups excluding tert-OH is 2. The van der Waals surface area contributed by atoms with Crippen molar-refractivity contribution in [1.29, 1.82) is 0 Å². The number of rotatable bonds is 75. The fourth-order valence-corrected chi connectivity index (χ4v) is 13.1. The van der Waals surface area contributed by atoms with Crippen LogP contribution in [0.25, 0.3) is 0 Å². The van der Waals surface area contributed by atoms with Gasteiger partial charge in [-0.15, -0.1) is 0 Å². The van der Waals surface area contributed by atoms with Gasteiger partial charge in [0.15, 0.2) is 0 Å². The molecular formula is C79H157NO3. The minimum Gasteiger partial charge on any atom is -0.394 e. The van der Waals surface area contributed by atoms with Gasteiger partial charge in [0.05, 0.1) is 18.8 Å². The maximum Gasteiger partial charge on any atom is 0.220 e. The summed E-state index contributed by atoms with van der Waals surface area (Å²) in [5.41, 5.74) is 0. The Morgan fingerprint density at radius 1 is 0.277 bits per heavy atom. The van der Waals surface area contributed by atoms with Crippen LogP contribution in [0.2, 0.25) is 0 Å². The molecule has 2 atom stereocenters. The van der Waals surface area contributed by atoms with Gasteiger partial charge in [0.1, 0.15) is 0 Å². The summed E-state index contributed by atoms with van der Waals surface area (Å²) in [5, 5.41) is 23.4. The van der Waals surface area contributed by atoms with Crippen molar-refractivity contribution in [3.63, 3.8) is 0 Å². The largest absolute Gasteiger partial charge is 0.394 e. The highest BCUT2D eigenvalue weighted by molar-refractivity contribution is 5.76. The average Bonchev–Trinajstić information content (AvgIpc) is 3.50. The topological polar surface area (TPSA) is 69.6 Å². The molecule has 0 fully saturated rings. The van der Waals surface area contributed by atoms with E-state index in [2.05, 4.69) is 19.2 Å². The van der Waals surface area contributed by atoms with Gasteiger partial charge in [-0.3, -0.25) is 4.79 Å². The van der Waals surface area contributed by atoms with Gasteiger partial charge < -0.3 is 15.5 Å². The maximum atomic E-state index is 12.6. The third kappa shape index (κ3) is 71.8. The van der Waals surface area contributed by atoms with Gasteiger partial charge in [0.25, 0.3) is 0 Å². The molecule has 0 bridgehead atoms. The first-order valence-electron chi connectivity index (χ1n) is 39.4. The Balaban J connectivity index is 3.36. The highest BCUT2D eigenvalue weighted by Crippen LogP contribution is 2.21. The van der Waals surface area contributed by atoms with Crippen molar-refractivity contribution in [3.05, 3.63) is 12.2 Å². The Morgan fingerprint density at radius 3 is 0.627 bits per heavy atom. The van der Waals surface area contributed by atoms with Crippen molar-refractivity contribution in [3.8, 4) is 0 Å². The fraction of sp³-hybridized carbons (Fsp3) is 0.962. The number of nitrogens with one attached hydrogen (secondary N) is 1. The molecular weight excluding hydrogens is 1010 g/mol. The molecule has 2 unspecified atom stereocenters. The second-order valence-corrected chi connectivity index (χ2v) is 27.5. The monoisotopic (exact) mass is 1170 g/mol. The Kier molecular flexibility index (Phi) is 74.6. The van der Waals surface area contributed by atoms with Gasteiger partial charge in [0.2, 0.25) is 5.91 Å². The lowest BCUT2D eigenvalue weighted by atomic mass is 10.0. The molecule has 0 aliphatic rings. The van der Waals surface area contributed by atoms with Crippen molar-refractivity contribution in [2.45, 2.75) is 482 Å². The second kappa shape index (κ2) is 75.4. The van der Waals surface area contributed by atoms with E-state index in [9.17, 15) is 15.0 Å². The van der Waals surface area contributed by atoms with Crippen LogP contribution in [0.15, 0.2) is 12.2 Å². The Hall–Kier alpha value is -0.870. The first-order valence-corrected chi connectivity index (χ1v) is 39.4. The third-order valence-corrected chi connectivity index (χ3v) is 19.0. The molecule has 0 heterocycles. The summed E-state index contributed by atoms with van der Waals surface area (Å²) in [6, 6.07) is -0.620. The van der Waals surface area contributed by atoms with Crippen molar-refractivity contribution in [2.75, 3.05) is 6.61 Å². The van der Waals surface area contributed by atoms with Gasteiger partial charge in [-0.05, 0) is 19.3 Å². The minimum absolute atomic E-state index is 0.0518. The molecule has 0 saturated heterocycles. The smallest absolute Gasteiger partial charge is 0.220 e. The molecule has 0 aliphatic carbocycles. The molecule has 0 rings (SSSR count). The highest BCUT2D eigenvalue weighted by Gasteiger charge is 2.18. The zero-order chi connectivity index (χ0) is 59.8. The number of amides is 1. The molecule has 1 amide bonds.